The summed E-state index contributed by atoms with van der Waals surface area (Å²) >= 11 is 5.55. The van der Waals surface area contributed by atoms with Crippen molar-refractivity contribution in [3.8, 4) is 0 Å². The standard InChI is InChI=1S/C13H14ClF3NO/c14-12-6-3-9(7-11(12)13(15,16)17)18-8-1-4-10(19)5-2-8/h3,6-8,10,18H,1-2,4-5H2. The van der Waals surface area contributed by atoms with Gasteiger partial charge < -0.3 is 5.32 Å². The van der Waals surface area contributed by atoms with Crippen LogP contribution in [0.15, 0.2) is 18.2 Å². The average Bonchev–Trinajstić information content (AvgIpc) is 2.33. The lowest BCUT2D eigenvalue weighted by Gasteiger charge is -2.26. The van der Waals surface area contributed by atoms with Crippen LogP contribution < -0.4 is 5.32 Å². The molecular weight excluding hydrogens is 279 g/mol. The van der Waals surface area contributed by atoms with Gasteiger partial charge in [-0.25, -0.2) is 5.11 Å². The van der Waals surface area contributed by atoms with E-state index in [1.54, 1.807) is 0 Å². The molecule has 1 N–H and O–H groups in total. The van der Waals surface area contributed by atoms with Crippen molar-refractivity contribution in [2.75, 3.05) is 5.32 Å². The van der Waals surface area contributed by atoms with Crippen LogP contribution >= 0.6 is 11.6 Å². The Balaban J connectivity index is 2.09. The van der Waals surface area contributed by atoms with E-state index in [-0.39, 0.29) is 11.1 Å². The summed E-state index contributed by atoms with van der Waals surface area (Å²) in [6, 6.07) is 3.85. The summed E-state index contributed by atoms with van der Waals surface area (Å²) in [5.41, 5.74) is -0.442. The van der Waals surface area contributed by atoms with Crippen LogP contribution in [-0.2, 0) is 11.3 Å². The van der Waals surface area contributed by atoms with E-state index in [4.69, 9.17) is 11.6 Å². The van der Waals surface area contributed by atoms with E-state index in [0.29, 0.717) is 31.4 Å². The lowest BCUT2D eigenvalue weighted by Crippen LogP contribution is -2.27. The topological polar surface area (TPSA) is 31.9 Å². The van der Waals surface area contributed by atoms with Crippen molar-refractivity contribution in [3.63, 3.8) is 0 Å². The molecule has 1 aromatic carbocycles. The molecule has 0 heterocycles. The van der Waals surface area contributed by atoms with Gasteiger partial charge in [0.15, 0.2) is 0 Å². The lowest BCUT2D eigenvalue weighted by molar-refractivity contribution is -0.137. The smallest absolute Gasteiger partial charge is 0.382 e. The largest absolute Gasteiger partial charge is 0.417 e. The number of halogens is 4. The third-order valence-corrected chi connectivity index (χ3v) is 3.65. The molecule has 0 saturated heterocycles. The number of alkyl halides is 3. The molecule has 0 spiro atoms. The first kappa shape index (κ1) is 14.5. The van der Waals surface area contributed by atoms with Gasteiger partial charge in [0.25, 0.3) is 0 Å². The minimum absolute atomic E-state index is 0.0625. The Labute approximate surface area is 114 Å². The Morgan fingerprint density at radius 2 is 1.79 bits per heavy atom. The van der Waals surface area contributed by atoms with Crippen molar-refractivity contribution in [2.24, 2.45) is 0 Å². The van der Waals surface area contributed by atoms with Gasteiger partial charge in [-0.15, -0.1) is 0 Å². The SMILES string of the molecule is [O]C1CCC(Nc2ccc(Cl)c(C(F)(F)F)c2)CC1. The molecule has 0 amide bonds. The van der Waals surface area contributed by atoms with Gasteiger partial charge in [-0.2, -0.15) is 13.2 Å². The van der Waals surface area contributed by atoms with Crippen LogP contribution in [0.3, 0.4) is 0 Å². The Morgan fingerprint density at radius 1 is 1.16 bits per heavy atom. The Hall–Kier alpha value is -0.940. The van der Waals surface area contributed by atoms with Gasteiger partial charge >= 0.3 is 6.18 Å². The molecule has 1 aromatic rings. The molecule has 1 saturated carbocycles. The second-order valence-corrected chi connectivity index (χ2v) is 5.22. The number of benzene rings is 1. The van der Waals surface area contributed by atoms with Crippen LogP contribution in [-0.4, -0.2) is 12.1 Å². The van der Waals surface area contributed by atoms with E-state index in [0.717, 1.165) is 6.07 Å². The molecule has 2 nitrogen and oxygen atoms in total. The highest BCUT2D eigenvalue weighted by molar-refractivity contribution is 6.31. The summed E-state index contributed by atoms with van der Waals surface area (Å²) in [7, 11) is 0. The summed E-state index contributed by atoms with van der Waals surface area (Å²) in [4.78, 5) is 0. The van der Waals surface area contributed by atoms with Gasteiger partial charge in [-0.3, -0.25) is 0 Å². The highest BCUT2D eigenvalue weighted by Gasteiger charge is 2.33. The van der Waals surface area contributed by atoms with E-state index in [1.807, 2.05) is 0 Å². The molecule has 1 aliphatic carbocycles. The van der Waals surface area contributed by atoms with Gasteiger partial charge in [0.2, 0.25) is 0 Å². The van der Waals surface area contributed by atoms with E-state index >= 15 is 0 Å². The van der Waals surface area contributed by atoms with Crippen molar-refractivity contribution in [1.82, 2.24) is 0 Å². The fourth-order valence-corrected chi connectivity index (χ4v) is 2.50. The molecule has 2 rings (SSSR count). The number of hydrogen-bond donors (Lipinski definition) is 1. The van der Waals surface area contributed by atoms with Crippen molar-refractivity contribution in [2.45, 2.75) is 44.0 Å². The first-order chi connectivity index (χ1) is 8.86. The molecule has 6 heteroatoms. The first-order valence-corrected chi connectivity index (χ1v) is 6.53. The highest BCUT2D eigenvalue weighted by atomic mass is 35.5. The number of hydrogen-bond acceptors (Lipinski definition) is 1. The maximum atomic E-state index is 12.7. The van der Waals surface area contributed by atoms with Crippen LogP contribution in [0.1, 0.15) is 31.2 Å². The lowest BCUT2D eigenvalue weighted by atomic mass is 9.93. The minimum Gasteiger partial charge on any atom is -0.382 e. The molecule has 0 aromatic heterocycles. The zero-order valence-electron chi connectivity index (χ0n) is 10.1. The van der Waals surface area contributed by atoms with Crippen molar-refractivity contribution < 1.29 is 18.3 Å². The number of rotatable bonds is 2. The molecule has 0 atom stereocenters. The average molecular weight is 293 g/mol. The quantitative estimate of drug-likeness (QED) is 0.854. The second kappa shape index (κ2) is 5.59. The Morgan fingerprint density at radius 3 is 2.37 bits per heavy atom. The molecular formula is C13H14ClF3NO. The van der Waals surface area contributed by atoms with Gasteiger partial charge in [-0.05, 0) is 43.9 Å². The summed E-state index contributed by atoms with van der Waals surface area (Å²) < 4.78 is 38.1. The third kappa shape index (κ3) is 3.76. The Kier molecular flexibility index (Phi) is 4.26. The van der Waals surface area contributed by atoms with Crippen LogP contribution in [0.25, 0.3) is 0 Å². The second-order valence-electron chi connectivity index (χ2n) is 4.81. The molecule has 0 bridgehead atoms. The van der Waals surface area contributed by atoms with Crippen molar-refractivity contribution in [1.29, 1.82) is 0 Å². The van der Waals surface area contributed by atoms with Crippen molar-refractivity contribution >= 4 is 17.3 Å². The monoisotopic (exact) mass is 292 g/mol. The first-order valence-electron chi connectivity index (χ1n) is 6.15. The fraction of sp³-hybridized carbons (Fsp3) is 0.538. The maximum Gasteiger partial charge on any atom is 0.417 e. The summed E-state index contributed by atoms with van der Waals surface area (Å²) in [6.45, 7) is 0. The molecule has 105 valence electrons. The molecule has 0 unspecified atom stereocenters. The van der Waals surface area contributed by atoms with E-state index < -0.39 is 17.8 Å². The zero-order valence-corrected chi connectivity index (χ0v) is 10.9. The van der Waals surface area contributed by atoms with Crippen LogP contribution in [0.5, 0.6) is 0 Å². The van der Waals surface area contributed by atoms with Gasteiger partial charge in [-0.1, -0.05) is 11.6 Å². The number of nitrogens with one attached hydrogen (secondary N) is 1. The predicted molar refractivity (Wildman–Crippen MR) is 66.8 cm³/mol. The minimum atomic E-state index is -4.46. The predicted octanol–water partition coefficient (Wildman–Crippen LogP) is 4.51. The molecule has 19 heavy (non-hydrogen) atoms. The maximum absolute atomic E-state index is 12.7. The highest BCUT2D eigenvalue weighted by Crippen LogP contribution is 2.36. The van der Waals surface area contributed by atoms with Gasteiger partial charge in [0, 0.05) is 11.7 Å². The van der Waals surface area contributed by atoms with Gasteiger partial charge in [0.05, 0.1) is 16.7 Å². The van der Waals surface area contributed by atoms with Crippen LogP contribution in [0.2, 0.25) is 5.02 Å². The summed E-state index contributed by atoms with van der Waals surface area (Å²) in [6.07, 6.45) is -2.47. The third-order valence-electron chi connectivity index (χ3n) is 3.32. The van der Waals surface area contributed by atoms with Crippen LogP contribution in [0, 0.1) is 0 Å². The van der Waals surface area contributed by atoms with E-state index in [1.165, 1.54) is 12.1 Å². The zero-order chi connectivity index (χ0) is 14.0. The molecule has 1 fully saturated rings. The summed E-state index contributed by atoms with van der Waals surface area (Å²) in [5.74, 6) is 0. The normalized spacial score (nSPS) is 24.3. The molecule has 1 aliphatic rings. The Bertz CT molecular complexity index is 442. The van der Waals surface area contributed by atoms with Crippen molar-refractivity contribution in [3.05, 3.63) is 28.8 Å². The molecule has 1 radical (unpaired) electrons. The van der Waals surface area contributed by atoms with Crippen LogP contribution in [0.4, 0.5) is 18.9 Å². The number of anilines is 1. The van der Waals surface area contributed by atoms with Gasteiger partial charge in [0.1, 0.15) is 0 Å². The summed E-state index contributed by atoms with van der Waals surface area (Å²) in [5, 5.41) is 13.9. The van der Waals surface area contributed by atoms with E-state index in [2.05, 4.69) is 5.32 Å². The fourth-order valence-electron chi connectivity index (χ4n) is 2.28. The molecule has 0 aliphatic heterocycles. The van der Waals surface area contributed by atoms with E-state index in [9.17, 15) is 18.3 Å².